The Balaban J connectivity index is 2.63. The number of benzene rings is 1. The summed E-state index contributed by atoms with van der Waals surface area (Å²) in [5.41, 5.74) is 0.207. The van der Waals surface area contributed by atoms with Crippen molar-refractivity contribution in [3.63, 3.8) is 0 Å². The zero-order valence-electron chi connectivity index (χ0n) is 12.9. The second kappa shape index (κ2) is 9.11. The number of hydrogen-bond donors (Lipinski definition) is 2. The first-order valence-electron chi connectivity index (χ1n) is 7.09. The van der Waals surface area contributed by atoms with Gasteiger partial charge in [-0.15, -0.1) is 0 Å². The lowest BCUT2D eigenvalue weighted by Crippen LogP contribution is -2.32. The maximum Gasteiger partial charge on any atom is 0.330 e. The molecular formula is C14H17F4NO5S. The summed E-state index contributed by atoms with van der Waals surface area (Å²) in [5.74, 6) is -5.34. The summed E-state index contributed by atoms with van der Waals surface area (Å²) in [6.07, 6.45) is -3.95. The molecular weight excluding hydrogens is 370 g/mol. The number of nitrogens with one attached hydrogen (secondary N) is 1. The van der Waals surface area contributed by atoms with Crippen molar-refractivity contribution in [2.45, 2.75) is 36.7 Å². The van der Waals surface area contributed by atoms with Crippen molar-refractivity contribution in [2.24, 2.45) is 0 Å². The Morgan fingerprint density at radius 1 is 1.32 bits per heavy atom. The first-order chi connectivity index (χ1) is 11.5. The minimum Gasteiger partial charge on any atom is -0.481 e. The fourth-order valence-electron chi connectivity index (χ4n) is 1.70. The SMILES string of the molecule is O=C(O)CCCNS(=O)(=O)c1cccc(COCC(F)(F)C(F)F)c1. The van der Waals surface area contributed by atoms with Crippen molar-refractivity contribution >= 4 is 16.0 Å². The molecule has 0 amide bonds. The molecule has 142 valence electrons. The molecule has 25 heavy (non-hydrogen) atoms. The Labute approximate surface area is 141 Å². The zero-order chi connectivity index (χ0) is 19.1. The van der Waals surface area contributed by atoms with Crippen LogP contribution in [0.1, 0.15) is 18.4 Å². The van der Waals surface area contributed by atoms with Crippen LogP contribution in [0.5, 0.6) is 0 Å². The molecule has 1 aromatic rings. The number of hydrogen-bond acceptors (Lipinski definition) is 4. The second-order valence-electron chi connectivity index (χ2n) is 5.10. The van der Waals surface area contributed by atoms with E-state index in [1.807, 2.05) is 0 Å². The van der Waals surface area contributed by atoms with E-state index in [1.54, 1.807) is 0 Å². The number of carboxylic acid groups (broad SMARTS) is 1. The van der Waals surface area contributed by atoms with Crippen LogP contribution in [0.3, 0.4) is 0 Å². The predicted molar refractivity (Wildman–Crippen MR) is 79.1 cm³/mol. The van der Waals surface area contributed by atoms with Crippen LogP contribution < -0.4 is 4.72 Å². The molecule has 0 aliphatic carbocycles. The molecule has 0 heterocycles. The Morgan fingerprint density at radius 3 is 2.60 bits per heavy atom. The van der Waals surface area contributed by atoms with Crippen molar-refractivity contribution in [1.29, 1.82) is 0 Å². The summed E-state index contributed by atoms with van der Waals surface area (Å²) in [5, 5.41) is 8.48. The summed E-state index contributed by atoms with van der Waals surface area (Å²) >= 11 is 0. The number of halogens is 4. The van der Waals surface area contributed by atoms with Crippen molar-refractivity contribution in [3.05, 3.63) is 29.8 Å². The number of aliphatic carboxylic acids is 1. The van der Waals surface area contributed by atoms with Crippen LogP contribution in [-0.4, -0.2) is 45.0 Å². The highest BCUT2D eigenvalue weighted by molar-refractivity contribution is 7.89. The molecule has 1 aromatic carbocycles. The van der Waals surface area contributed by atoms with Gasteiger partial charge < -0.3 is 9.84 Å². The Kier molecular flexibility index (Phi) is 7.77. The third-order valence-electron chi connectivity index (χ3n) is 2.95. The molecule has 0 radical (unpaired) electrons. The summed E-state index contributed by atoms with van der Waals surface area (Å²) in [6, 6.07) is 5.14. The average molecular weight is 387 g/mol. The van der Waals surface area contributed by atoms with Crippen LogP contribution in [0.25, 0.3) is 0 Å². The quantitative estimate of drug-likeness (QED) is 0.449. The fraction of sp³-hybridized carbons (Fsp3) is 0.500. The molecule has 0 spiro atoms. The van der Waals surface area contributed by atoms with E-state index < -0.39 is 41.6 Å². The summed E-state index contributed by atoms with van der Waals surface area (Å²) in [4.78, 5) is 10.2. The van der Waals surface area contributed by atoms with E-state index in [2.05, 4.69) is 9.46 Å². The van der Waals surface area contributed by atoms with Crippen LogP contribution in [0, 0.1) is 0 Å². The van der Waals surface area contributed by atoms with Gasteiger partial charge in [-0.2, -0.15) is 8.78 Å². The van der Waals surface area contributed by atoms with Gasteiger partial charge in [0.15, 0.2) is 0 Å². The Morgan fingerprint density at radius 2 is 2.00 bits per heavy atom. The molecule has 0 unspecified atom stereocenters. The molecule has 0 atom stereocenters. The smallest absolute Gasteiger partial charge is 0.330 e. The third-order valence-corrected chi connectivity index (χ3v) is 4.41. The number of ether oxygens (including phenoxy) is 1. The molecule has 0 saturated heterocycles. The molecule has 0 aromatic heterocycles. The van der Waals surface area contributed by atoms with Gasteiger partial charge in [0.2, 0.25) is 10.0 Å². The van der Waals surface area contributed by atoms with E-state index in [4.69, 9.17) is 5.11 Å². The van der Waals surface area contributed by atoms with Crippen LogP contribution >= 0.6 is 0 Å². The molecule has 2 N–H and O–H groups in total. The second-order valence-corrected chi connectivity index (χ2v) is 6.86. The summed E-state index contributed by atoms with van der Waals surface area (Å²) < 4.78 is 80.2. The molecule has 6 nitrogen and oxygen atoms in total. The van der Waals surface area contributed by atoms with E-state index in [0.717, 1.165) is 6.07 Å². The highest BCUT2D eigenvalue weighted by Gasteiger charge is 2.40. The van der Waals surface area contributed by atoms with Gasteiger partial charge in [-0.3, -0.25) is 4.79 Å². The standard InChI is InChI=1S/C14H17F4NO5S/c15-13(16)14(17,18)9-24-8-10-3-1-4-11(7-10)25(22,23)19-6-2-5-12(20)21/h1,3-4,7,13,19H,2,5-6,8-9H2,(H,20,21). The van der Waals surface area contributed by atoms with E-state index in [9.17, 15) is 30.8 Å². The Bertz CT molecular complexity index is 682. The first-order valence-corrected chi connectivity index (χ1v) is 8.57. The van der Waals surface area contributed by atoms with Crippen LogP contribution in [0.2, 0.25) is 0 Å². The molecule has 0 bridgehead atoms. The normalized spacial score (nSPS) is 12.5. The first kappa shape index (κ1) is 21.3. The van der Waals surface area contributed by atoms with Gasteiger partial charge >= 0.3 is 18.3 Å². The van der Waals surface area contributed by atoms with Gasteiger partial charge in [0.25, 0.3) is 0 Å². The third kappa shape index (κ3) is 7.36. The largest absolute Gasteiger partial charge is 0.481 e. The summed E-state index contributed by atoms with van der Waals surface area (Å²) in [7, 11) is -3.91. The molecule has 1 rings (SSSR count). The van der Waals surface area contributed by atoms with Crippen molar-refractivity contribution in [2.75, 3.05) is 13.2 Å². The average Bonchev–Trinajstić information content (AvgIpc) is 2.51. The van der Waals surface area contributed by atoms with Gasteiger partial charge in [-0.1, -0.05) is 12.1 Å². The monoisotopic (exact) mass is 387 g/mol. The Hall–Kier alpha value is -1.72. The van der Waals surface area contributed by atoms with E-state index in [0.29, 0.717) is 0 Å². The molecule has 0 aliphatic heterocycles. The highest BCUT2D eigenvalue weighted by atomic mass is 32.2. The minimum atomic E-state index is -4.28. The molecule has 11 heteroatoms. The maximum atomic E-state index is 12.7. The molecule has 0 fully saturated rings. The van der Waals surface area contributed by atoms with Gasteiger partial charge in [-0.05, 0) is 24.1 Å². The number of sulfonamides is 1. The van der Waals surface area contributed by atoms with Crippen molar-refractivity contribution in [1.82, 2.24) is 4.72 Å². The van der Waals surface area contributed by atoms with Crippen molar-refractivity contribution in [3.8, 4) is 0 Å². The van der Waals surface area contributed by atoms with Gasteiger partial charge in [0, 0.05) is 13.0 Å². The maximum absolute atomic E-state index is 12.7. The van der Waals surface area contributed by atoms with Gasteiger partial charge in [0.1, 0.15) is 6.61 Å². The lowest BCUT2D eigenvalue weighted by molar-refractivity contribution is -0.168. The number of carboxylic acids is 1. The van der Waals surface area contributed by atoms with Crippen LogP contribution in [-0.2, 0) is 26.2 Å². The lowest BCUT2D eigenvalue weighted by Gasteiger charge is -2.15. The van der Waals surface area contributed by atoms with Gasteiger partial charge in [0.05, 0.1) is 11.5 Å². The molecule has 0 aliphatic rings. The van der Waals surface area contributed by atoms with E-state index in [-0.39, 0.29) is 29.8 Å². The minimum absolute atomic E-state index is 0.0873. The van der Waals surface area contributed by atoms with E-state index >= 15 is 0 Å². The van der Waals surface area contributed by atoms with Crippen LogP contribution in [0.4, 0.5) is 17.6 Å². The number of alkyl halides is 4. The predicted octanol–water partition coefficient (Wildman–Crippen LogP) is 2.25. The summed E-state index contributed by atoms with van der Waals surface area (Å²) in [6.45, 7) is -2.05. The number of rotatable bonds is 11. The molecule has 0 saturated carbocycles. The van der Waals surface area contributed by atoms with Crippen LogP contribution in [0.15, 0.2) is 29.2 Å². The highest BCUT2D eigenvalue weighted by Crippen LogP contribution is 2.23. The van der Waals surface area contributed by atoms with E-state index in [1.165, 1.54) is 18.2 Å². The lowest BCUT2D eigenvalue weighted by atomic mass is 10.2. The van der Waals surface area contributed by atoms with Gasteiger partial charge in [-0.25, -0.2) is 21.9 Å². The zero-order valence-corrected chi connectivity index (χ0v) is 13.7. The topological polar surface area (TPSA) is 92.7 Å². The fourth-order valence-corrected chi connectivity index (χ4v) is 2.84. The van der Waals surface area contributed by atoms with Crippen molar-refractivity contribution < 1.29 is 40.6 Å². The number of carbonyl (C=O) groups is 1.